The zero-order valence-electron chi connectivity index (χ0n) is 17.1. The van der Waals surface area contributed by atoms with E-state index in [1.165, 1.54) is 61.3 Å². The maximum atomic E-state index is 12.4. The first-order valence-electron chi connectivity index (χ1n) is 10.7. The summed E-state index contributed by atoms with van der Waals surface area (Å²) >= 11 is 0. The molecule has 2 N–H and O–H groups in total. The Morgan fingerprint density at radius 3 is 2.61 bits per heavy atom. The van der Waals surface area contributed by atoms with Crippen molar-refractivity contribution in [1.29, 1.82) is 0 Å². The SMILES string of the molecule is Cc1cc(/C=C/C(=O)NCc2ccccc2C[NH+]2CCCC2)c(C)n1C1CC1. The maximum Gasteiger partial charge on any atom is 0.244 e. The van der Waals surface area contributed by atoms with Crippen LogP contribution in [0, 0.1) is 13.8 Å². The third kappa shape index (κ3) is 4.39. The number of quaternary nitrogens is 1. The van der Waals surface area contributed by atoms with Crippen LogP contribution >= 0.6 is 0 Å². The first kappa shape index (κ1) is 19.0. The van der Waals surface area contributed by atoms with Gasteiger partial charge in [0.05, 0.1) is 13.1 Å². The average Bonchev–Trinajstić information content (AvgIpc) is 3.30. The molecule has 1 aromatic carbocycles. The second-order valence-corrected chi connectivity index (χ2v) is 8.38. The predicted octanol–water partition coefficient (Wildman–Crippen LogP) is 2.95. The molecule has 2 aliphatic rings. The van der Waals surface area contributed by atoms with Gasteiger partial charge in [0.1, 0.15) is 6.54 Å². The Balaban J connectivity index is 1.36. The normalized spacial score (nSPS) is 17.5. The molecule has 0 spiro atoms. The second-order valence-electron chi connectivity index (χ2n) is 8.38. The van der Waals surface area contributed by atoms with E-state index in [0.717, 1.165) is 12.1 Å². The number of rotatable bonds is 7. The van der Waals surface area contributed by atoms with E-state index in [0.29, 0.717) is 12.6 Å². The lowest BCUT2D eigenvalue weighted by atomic mass is 10.1. The van der Waals surface area contributed by atoms with Crippen LogP contribution in [0.2, 0.25) is 0 Å². The summed E-state index contributed by atoms with van der Waals surface area (Å²) in [6, 6.07) is 11.4. The number of nitrogens with one attached hydrogen (secondary N) is 2. The van der Waals surface area contributed by atoms with Crippen LogP contribution in [0.4, 0.5) is 0 Å². The predicted molar refractivity (Wildman–Crippen MR) is 113 cm³/mol. The van der Waals surface area contributed by atoms with Crippen LogP contribution in [-0.4, -0.2) is 23.6 Å². The number of carbonyl (C=O) groups is 1. The molecule has 1 saturated carbocycles. The number of amides is 1. The van der Waals surface area contributed by atoms with Crippen molar-refractivity contribution in [2.75, 3.05) is 13.1 Å². The van der Waals surface area contributed by atoms with Gasteiger partial charge in [-0.1, -0.05) is 24.3 Å². The molecule has 1 aromatic heterocycles. The van der Waals surface area contributed by atoms with Crippen LogP contribution in [0.1, 0.15) is 59.8 Å². The van der Waals surface area contributed by atoms with Crippen LogP contribution in [0.15, 0.2) is 36.4 Å². The Hall–Kier alpha value is -2.33. The van der Waals surface area contributed by atoms with E-state index >= 15 is 0 Å². The number of hydrogen-bond acceptors (Lipinski definition) is 1. The van der Waals surface area contributed by atoms with Crippen molar-refractivity contribution in [2.45, 2.75) is 58.7 Å². The van der Waals surface area contributed by atoms with Gasteiger partial charge in [0.25, 0.3) is 0 Å². The number of carbonyl (C=O) groups excluding carboxylic acids is 1. The fourth-order valence-corrected chi connectivity index (χ4v) is 4.50. The highest BCUT2D eigenvalue weighted by molar-refractivity contribution is 5.91. The van der Waals surface area contributed by atoms with Crippen molar-refractivity contribution in [2.24, 2.45) is 0 Å². The molecule has 4 nitrogen and oxygen atoms in total. The Morgan fingerprint density at radius 2 is 1.89 bits per heavy atom. The summed E-state index contributed by atoms with van der Waals surface area (Å²) in [5, 5.41) is 3.07. The Morgan fingerprint density at radius 1 is 1.18 bits per heavy atom. The molecule has 2 fully saturated rings. The highest BCUT2D eigenvalue weighted by atomic mass is 16.1. The Labute approximate surface area is 168 Å². The van der Waals surface area contributed by atoms with Crippen molar-refractivity contribution < 1.29 is 9.69 Å². The topological polar surface area (TPSA) is 38.5 Å². The van der Waals surface area contributed by atoms with E-state index in [2.05, 4.69) is 54.1 Å². The molecule has 28 heavy (non-hydrogen) atoms. The zero-order valence-corrected chi connectivity index (χ0v) is 17.1. The minimum absolute atomic E-state index is 0.0282. The lowest BCUT2D eigenvalue weighted by molar-refractivity contribution is -0.901. The third-order valence-corrected chi connectivity index (χ3v) is 6.17. The molecule has 1 aliphatic carbocycles. The van der Waals surface area contributed by atoms with Gasteiger partial charge in [0.2, 0.25) is 5.91 Å². The molecular formula is C24H32N3O+. The largest absolute Gasteiger partial charge is 0.348 e. The molecule has 4 rings (SSSR count). The van der Waals surface area contributed by atoms with Gasteiger partial charge < -0.3 is 14.8 Å². The molecule has 2 aromatic rings. The Kier molecular flexibility index (Phi) is 5.67. The molecule has 0 bridgehead atoms. The average molecular weight is 379 g/mol. The molecule has 1 amide bonds. The Bertz CT molecular complexity index is 870. The van der Waals surface area contributed by atoms with Crippen molar-refractivity contribution >= 4 is 12.0 Å². The van der Waals surface area contributed by atoms with Crippen LogP contribution in [0.5, 0.6) is 0 Å². The number of likely N-dealkylation sites (tertiary alicyclic amines) is 1. The maximum absolute atomic E-state index is 12.4. The zero-order chi connectivity index (χ0) is 19.5. The van der Waals surface area contributed by atoms with Crippen LogP contribution < -0.4 is 10.2 Å². The van der Waals surface area contributed by atoms with Gasteiger partial charge in [-0.15, -0.1) is 0 Å². The molecule has 1 aliphatic heterocycles. The van der Waals surface area contributed by atoms with E-state index in [-0.39, 0.29) is 5.91 Å². The standard InChI is InChI=1S/C24H31N3O/c1-18-15-20(19(2)27(18)23-10-11-23)9-12-24(28)25-16-21-7-3-4-8-22(21)17-26-13-5-6-14-26/h3-4,7-9,12,15,23H,5-6,10-11,13-14,16-17H2,1-2H3,(H,25,28)/p+1/b12-9+. The summed E-state index contributed by atoms with van der Waals surface area (Å²) in [7, 11) is 0. The van der Waals surface area contributed by atoms with Gasteiger partial charge in [-0.05, 0) is 50.0 Å². The first-order chi connectivity index (χ1) is 13.6. The smallest absolute Gasteiger partial charge is 0.244 e. The van der Waals surface area contributed by atoms with Crippen LogP contribution in [0.25, 0.3) is 6.08 Å². The van der Waals surface area contributed by atoms with Gasteiger partial charge >= 0.3 is 0 Å². The van der Waals surface area contributed by atoms with Crippen molar-refractivity contribution in [3.8, 4) is 0 Å². The fourth-order valence-electron chi connectivity index (χ4n) is 4.50. The highest BCUT2D eigenvalue weighted by Gasteiger charge is 2.26. The number of aromatic nitrogens is 1. The number of aryl methyl sites for hydroxylation is 1. The lowest BCUT2D eigenvalue weighted by Crippen LogP contribution is -3.08. The van der Waals surface area contributed by atoms with Crippen LogP contribution in [0.3, 0.4) is 0 Å². The molecule has 4 heteroatoms. The minimum atomic E-state index is -0.0282. The van der Waals surface area contributed by atoms with Gasteiger partial charge in [-0.2, -0.15) is 0 Å². The van der Waals surface area contributed by atoms with Crippen molar-refractivity contribution in [1.82, 2.24) is 9.88 Å². The van der Waals surface area contributed by atoms with Crippen LogP contribution in [-0.2, 0) is 17.9 Å². The summed E-state index contributed by atoms with van der Waals surface area (Å²) in [4.78, 5) is 14.0. The fraction of sp³-hybridized carbons (Fsp3) is 0.458. The minimum Gasteiger partial charge on any atom is -0.348 e. The summed E-state index contributed by atoms with van der Waals surface area (Å²) in [5.41, 5.74) is 6.30. The van der Waals surface area contributed by atoms with Crippen molar-refractivity contribution in [3.63, 3.8) is 0 Å². The molecule has 0 atom stereocenters. The molecular weight excluding hydrogens is 346 g/mol. The van der Waals surface area contributed by atoms with E-state index in [1.807, 2.05) is 6.08 Å². The molecule has 1 saturated heterocycles. The van der Waals surface area contributed by atoms with E-state index in [9.17, 15) is 4.79 Å². The lowest BCUT2D eigenvalue weighted by Gasteiger charge is -2.15. The summed E-state index contributed by atoms with van der Waals surface area (Å²) < 4.78 is 2.41. The van der Waals surface area contributed by atoms with Gasteiger partial charge in [0, 0.05) is 48.5 Å². The number of nitrogens with zero attached hydrogens (tertiary/aromatic N) is 1. The number of hydrogen-bond donors (Lipinski definition) is 2. The van der Waals surface area contributed by atoms with Crippen molar-refractivity contribution in [3.05, 3.63) is 64.5 Å². The van der Waals surface area contributed by atoms with Gasteiger partial charge in [-0.3, -0.25) is 4.79 Å². The van der Waals surface area contributed by atoms with E-state index < -0.39 is 0 Å². The summed E-state index contributed by atoms with van der Waals surface area (Å²) in [5.74, 6) is -0.0282. The highest BCUT2D eigenvalue weighted by Crippen LogP contribution is 2.38. The summed E-state index contributed by atoms with van der Waals surface area (Å²) in [6.07, 6.45) is 8.85. The monoisotopic (exact) mass is 378 g/mol. The third-order valence-electron chi connectivity index (χ3n) is 6.17. The van der Waals surface area contributed by atoms with Gasteiger partial charge in [-0.25, -0.2) is 0 Å². The summed E-state index contributed by atoms with van der Waals surface area (Å²) in [6.45, 7) is 8.50. The second kappa shape index (κ2) is 8.36. The quantitative estimate of drug-likeness (QED) is 0.715. The molecule has 148 valence electrons. The number of benzene rings is 1. The molecule has 2 heterocycles. The van der Waals surface area contributed by atoms with E-state index in [4.69, 9.17) is 0 Å². The molecule has 0 unspecified atom stereocenters. The first-order valence-corrected chi connectivity index (χ1v) is 10.7. The van der Waals surface area contributed by atoms with E-state index in [1.54, 1.807) is 11.0 Å². The molecule has 0 radical (unpaired) electrons. The van der Waals surface area contributed by atoms with Gasteiger partial charge in [0.15, 0.2) is 0 Å².